The molecule has 4 heteroatoms. The molecule has 21 heavy (non-hydrogen) atoms. The highest BCUT2D eigenvalue weighted by atomic mass is 16.5. The molecule has 116 valence electrons. The minimum absolute atomic E-state index is 0.0410. The smallest absolute Gasteiger partial charge is 0.119 e. The van der Waals surface area contributed by atoms with E-state index >= 15 is 0 Å². The molecule has 0 amide bonds. The molecule has 1 N–H and O–H groups in total. The van der Waals surface area contributed by atoms with Crippen LogP contribution < -0.4 is 4.74 Å². The van der Waals surface area contributed by atoms with Crippen LogP contribution in [0.4, 0.5) is 0 Å². The van der Waals surface area contributed by atoms with Crippen LogP contribution in [0.25, 0.3) is 0 Å². The van der Waals surface area contributed by atoms with E-state index in [0.29, 0.717) is 0 Å². The molecule has 1 aromatic rings. The zero-order chi connectivity index (χ0) is 14.7. The van der Waals surface area contributed by atoms with Crippen LogP contribution in [0, 0.1) is 0 Å². The molecule has 2 aliphatic heterocycles. The molecule has 2 unspecified atom stereocenters. The lowest BCUT2D eigenvalue weighted by Gasteiger charge is -2.43. The van der Waals surface area contributed by atoms with Crippen molar-refractivity contribution in [1.82, 2.24) is 0 Å². The van der Waals surface area contributed by atoms with E-state index in [2.05, 4.69) is 0 Å². The van der Waals surface area contributed by atoms with Crippen molar-refractivity contribution in [3.63, 3.8) is 0 Å². The Kier molecular flexibility index (Phi) is 4.48. The summed E-state index contributed by atoms with van der Waals surface area (Å²) < 4.78 is 17.6. The van der Waals surface area contributed by atoms with Gasteiger partial charge in [0.2, 0.25) is 0 Å². The summed E-state index contributed by atoms with van der Waals surface area (Å²) in [6.45, 7) is 4.10. The second-order valence-electron chi connectivity index (χ2n) is 6.12. The molecule has 1 aromatic carbocycles. The summed E-state index contributed by atoms with van der Waals surface area (Å²) in [6, 6.07) is 7.72. The van der Waals surface area contributed by atoms with Gasteiger partial charge in [-0.05, 0) is 37.5 Å². The van der Waals surface area contributed by atoms with Gasteiger partial charge in [-0.25, -0.2) is 0 Å². The van der Waals surface area contributed by atoms with Gasteiger partial charge in [-0.3, -0.25) is 0 Å². The van der Waals surface area contributed by atoms with Crippen LogP contribution in [0.15, 0.2) is 24.3 Å². The van der Waals surface area contributed by atoms with Crippen molar-refractivity contribution in [2.45, 2.75) is 50.4 Å². The van der Waals surface area contributed by atoms with Crippen molar-refractivity contribution in [3.8, 4) is 5.75 Å². The molecule has 0 aromatic heterocycles. The topological polar surface area (TPSA) is 47.9 Å². The third kappa shape index (κ3) is 3.57. The predicted octanol–water partition coefficient (Wildman–Crippen LogP) is 2.85. The molecule has 4 nitrogen and oxygen atoms in total. The summed E-state index contributed by atoms with van der Waals surface area (Å²) in [7, 11) is 0. The summed E-state index contributed by atoms with van der Waals surface area (Å²) in [4.78, 5) is 0. The first-order valence-corrected chi connectivity index (χ1v) is 7.83. The fraction of sp³-hybridized carbons (Fsp3) is 0.647. The van der Waals surface area contributed by atoms with Gasteiger partial charge in [0.1, 0.15) is 11.9 Å². The third-order valence-corrected chi connectivity index (χ3v) is 4.52. The molecular formula is C17H24O4. The van der Waals surface area contributed by atoms with E-state index in [4.69, 9.17) is 14.2 Å². The van der Waals surface area contributed by atoms with Gasteiger partial charge in [-0.15, -0.1) is 0 Å². The summed E-state index contributed by atoms with van der Waals surface area (Å²) in [5.74, 6) is 0.869. The highest BCUT2D eigenvalue weighted by Crippen LogP contribution is 2.35. The van der Waals surface area contributed by atoms with Crippen LogP contribution in [0.5, 0.6) is 5.75 Å². The first-order valence-electron chi connectivity index (χ1n) is 7.83. The molecule has 2 saturated heterocycles. The van der Waals surface area contributed by atoms with Gasteiger partial charge in [-0.2, -0.15) is 0 Å². The molecule has 2 fully saturated rings. The van der Waals surface area contributed by atoms with Crippen molar-refractivity contribution in [2.75, 3.05) is 19.8 Å². The number of ether oxygens (including phenoxy) is 3. The van der Waals surface area contributed by atoms with Crippen LogP contribution >= 0.6 is 0 Å². The number of aliphatic hydroxyl groups is 1. The Morgan fingerprint density at radius 1 is 1.19 bits per heavy atom. The minimum atomic E-state index is -0.437. The van der Waals surface area contributed by atoms with Crippen molar-refractivity contribution < 1.29 is 19.3 Å². The zero-order valence-electron chi connectivity index (χ0n) is 12.6. The summed E-state index contributed by atoms with van der Waals surface area (Å²) in [5.41, 5.74) is 0.871. The maximum absolute atomic E-state index is 9.53. The van der Waals surface area contributed by atoms with Gasteiger partial charge in [0, 0.05) is 26.1 Å². The second-order valence-corrected chi connectivity index (χ2v) is 6.12. The standard InChI is InChI=1S/C17H24O4/c1-13(18)14-2-4-15(5-3-14)21-16-6-9-20-17(12-16)7-10-19-11-8-17/h2-5,13,16,18H,6-12H2,1H3. The molecular weight excluding hydrogens is 268 g/mol. The van der Waals surface area contributed by atoms with Gasteiger partial charge < -0.3 is 19.3 Å². The lowest BCUT2D eigenvalue weighted by molar-refractivity contribution is -0.155. The largest absolute Gasteiger partial charge is 0.490 e. The molecule has 2 heterocycles. The summed E-state index contributed by atoms with van der Waals surface area (Å²) in [5, 5.41) is 9.53. The first kappa shape index (κ1) is 14.8. The highest BCUT2D eigenvalue weighted by molar-refractivity contribution is 5.28. The molecule has 2 atom stereocenters. The van der Waals surface area contributed by atoms with E-state index < -0.39 is 6.10 Å². The second kappa shape index (κ2) is 6.34. The Balaban J connectivity index is 1.61. The Morgan fingerprint density at radius 2 is 1.90 bits per heavy atom. The Bertz CT molecular complexity index is 443. The number of aliphatic hydroxyl groups excluding tert-OH is 1. The van der Waals surface area contributed by atoms with E-state index in [1.807, 2.05) is 24.3 Å². The predicted molar refractivity (Wildman–Crippen MR) is 79.5 cm³/mol. The summed E-state index contributed by atoms with van der Waals surface area (Å²) in [6.07, 6.45) is 3.57. The SMILES string of the molecule is CC(O)c1ccc(OC2CCOC3(CCOCC3)C2)cc1. The molecule has 0 saturated carbocycles. The molecule has 0 radical (unpaired) electrons. The number of hydrogen-bond acceptors (Lipinski definition) is 4. The number of hydrogen-bond donors (Lipinski definition) is 1. The van der Waals surface area contributed by atoms with Crippen LogP contribution in [0.1, 0.15) is 44.3 Å². The molecule has 1 spiro atoms. The fourth-order valence-corrected chi connectivity index (χ4v) is 3.19. The Labute approximate surface area is 126 Å². The van der Waals surface area contributed by atoms with Crippen molar-refractivity contribution >= 4 is 0 Å². The zero-order valence-corrected chi connectivity index (χ0v) is 12.6. The monoisotopic (exact) mass is 292 g/mol. The van der Waals surface area contributed by atoms with Crippen LogP contribution in [0.3, 0.4) is 0 Å². The van der Waals surface area contributed by atoms with Gasteiger partial charge in [-0.1, -0.05) is 12.1 Å². The lowest BCUT2D eigenvalue weighted by Crippen LogP contribution is -2.47. The Hall–Kier alpha value is -1.10. The van der Waals surface area contributed by atoms with Crippen molar-refractivity contribution in [2.24, 2.45) is 0 Å². The average Bonchev–Trinajstić information content (AvgIpc) is 2.49. The van der Waals surface area contributed by atoms with E-state index in [9.17, 15) is 5.11 Å². The normalized spacial score (nSPS) is 26.5. The van der Waals surface area contributed by atoms with Gasteiger partial charge in [0.25, 0.3) is 0 Å². The van der Waals surface area contributed by atoms with E-state index in [-0.39, 0.29) is 11.7 Å². The molecule has 0 bridgehead atoms. The maximum Gasteiger partial charge on any atom is 0.119 e. The van der Waals surface area contributed by atoms with E-state index in [1.165, 1.54) is 0 Å². The van der Waals surface area contributed by atoms with E-state index in [1.54, 1.807) is 6.92 Å². The number of benzene rings is 1. The lowest BCUT2D eigenvalue weighted by atomic mass is 9.85. The van der Waals surface area contributed by atoms with Gasteiger partial charge in [0.15, 0.2) is 0 Å². The minimum Gasteiger partial charge on any atom is -0.490 e. The van der Waals surface area contributed by atoms with Crippen LogP contribution in [-0.2, 0) is 9.47 Å². The maximum atomic E-state index is 9.53. The van der Waals surface area contributed by atoms with Crippen molar-refractivity contribution in [1.29, 1.82) is 0 Å². The molecule has 3 rings (SSSR count). The van der Waals surface area contributed by atoms with E-state index in [0.717, 1.165) is 56.8 Å². The average molecular weight is 292 g/mol. The van der Waals surface area contributed by atoms with Crippen LogP contribution in [0.2, 0.25) is 0 Å². The Morgan fingerprint density at radius 3 is 2.57 bits per heavy atom. The fourth-order valence-electron chi connectivity index (χ4n) is 3.19. The van der Waals surface area contributed by atoms with Gasteiger partial charge in [0.05, 0.1) is 18.3 Å². The highest BCUT2D eigenvalue weighted by Gasteiger charge is 2.39. The summed E-state index contributed by atoms with van der Waals surface area (Å²) >= 11 is 0. The molecule has 0 aliphatic carbocycles. The molecule has 2 aliphatic rings. The van der Waals surface area contributed by atoms with Gasteiger partial charge >= 0.3 is 0 Å². The quantitative estimate of drug-likeness (QED) is 0.930. The third-order valence-electron chi connectivity index (χ3n) is 4.52. The van der Waals surface area contributed by atoms with Crippen LogP contribution in [-0.4, -0.2) is 36.6 Å². The number of rotatable bonds is 3. The van der Waals surface area contributed by atoms with Crippen molar-refractivity contribution in [3.05, 3.63) is 29.8 Å². The first-order chi connectivity index (χ1) is 10.2.